The summed E-state index contributed by atoms with van der Waals surface area (Å²) in [6, 6.07) is 0. The van der Waals surface area contributed by atoms with Crippen LogP contribution in [0, 0.1) is 19.3 Å². The molecule has 0 radical (unpaired) electrons. The molecule has 1 rings (SSSR count). The van der Waals surface area contributed by atoms with E-state index in [9.17, 15) is 0 Å². The van der Waals surface area contributed by atoms with Crippen molar-refractivity contribution in [2.75, 3.05) is 13.1 Å². The Hall–Kier alpha value is -0.350. The smallest absolute Gasteiger partial charge is 0.0738 e. The van der Waals surface area contributed by atoms with Crippen molar-refractivity contribution in [1.82, 2.24) is 15.1 Å². The minimum Gasteiger partial charge on any atom is -0.315 e. The predicted molar refractivity (Wildman–Crippen MR) is 76.3 cm³/mol. The van der Waals surface area contributed by atoms with E-state index < -0.39 is 0 Å². The van der Waals surface area contributed by atoms with E-state index in [4.69, 9.17) is 0 Å². The van der Waals surface area contributed by atoms with Gasteiger partial charge in [-0.2, -0.15) is 5.10 Å². The van der Waals surface area contributed by atoms with Gasteiger partial charge in [0.2, 0.25) is 0 Å². The highest BCUT2D eigenvalue weighted by Gasteiger charge is 2.10. The van der Waals surface area contributed by atoms with Crippen LogP contribution < -0.4 is 5.32 Å². The zero-order valence-corrected chi connectivity index (χ0v) is 13.2. The van der Waals surface area contributed by atoms with E-state index in [0.717, 1.165) is 29.8 Å². The molecule has 0 atom stereocenters. The first-order valence-electron chi connectivity index (χ1n) is 6.21. The summed E-state index contributed by atoms with van der Waals surface area (Å²) in [5.41, 5.74) is 2.69. The third-order valence-electron chi connectivity index (χ3n) is 2.85. The van der Waals surface area contributed by atoms with Crippen LogP contribution in [0.4, 0.5) is 0 Å². The Bertz CT molecular complexity index is 363. The summed E-state index contributed by atoms with van der Waals surface area (Å²) in [5.74, 6) is 0. The molecule has 0 aliphatic carbocycles. The maximum atomic E-state index is 4.49. The third-order valence-corrected chi connectivity index (χ3v) is 3.99. The van der Waals surface area contributed by atoms with Crippen LogP contribution in [0.2, 0.25) is 0 Å². The van der Waals surface area contributed by atoms with E-state index >= 15 is 0 Å². The van der Waals surface area contributed by atoms with Gasteiger partial charge >= 0.3 is 0 Å². The zero-order valence-electron chi connectivity index (χ0n) is 11.6. The van der Waals surface area contributed by atoms with Gasteiger partial charge in [0.05, 0.1) is 16.7 Å². The lowest BCUT2D eigenvalue weighted by atomic mass is 9.92. The summed E-state index contributed by atoms with van der Waals surface area (Å²) >= 11 is 3.54. The fourth-order valence-electron chi connectivity index (χ4n) is 1.67. The van der Waals surface area contributed by atoms with Crippen LogP contribution in [0.3, 0.4) is 0 Å². The van der Waals surface area contributed by atoms with Gasteiger partial charge in [0.1, 0.15) is 0 Å². The summed E-state index contributed by atoms with van der Waals surface area (Å²) < 4.78 is 3.19. The average molecular weight is 302 g/mol. The van der Waals surface area contributed by atoms with Crippen molar-refractivity contribution >= 4 is 15.9 Å². The van der Waals surface area contributed by atoms with Crippen molar-refractivity contribution in [2.45, 2.75) is 47.6 Å². The largest absolute Gasteiger partial charge is 0.315 e. The maximum absolute atomic E-state index is 4.49. The third kappa shape index (κ3) is 4.80. The molecule has 0 saturated heterocycles. The van der Waals surface area contributed by atoms with Gasteiger partial charge in [-0.15, -0.1) is 0 Å². The summed E-state index contributed by atoms with van der Waals surface area (Å²) in [6.45, 7) is 13.9. The van der Waals surface area contributed by atoms with Crippen molar-refractivity contribution in [3.05, 3.63) is 15.9 Å². The summed E-state index contributed by atoms with van der Waals surface area (Å²) in [5, 5.41) is 7.96. The SMILES string of the molecule is Cc1nn(CCNCCC(C)(C)C)c(C)c1Br. The van der Waals surface area contributed by atoms with E-state index in [2.05, 4.69) is 58.7 Å². The maximum Gasteiger partial charge on any atom is 0.0738 e. The highest BCUT2D eigenvalue weighted by molar-refractivity contribution is 9.10. The van der Waals surface area contributed by atoms with Crippen molar-refractivity contribution in [3.63, 3.8) is 0 Å². The highest BCUT2D eigenvalue weighted by Crippen LogP contribution is 2.19. The fraction of sp³-hybridized carbons (Fsp3) is 0.769. The molecule has 0 spiro atoms. The van der Waals surface area contributed by atoms with Crippen LogP contribution in [-0.4, -0.2) is 22.9 Å². The normalized spacial score (nSPS) is 12.1. The number of halogens is 1. The minimum atomic E-state index is 0.411. The summed E-state index contributed by atoms with van der Waals surface area (Å²) in [7, 11) is 0. The Kier molecular flexibility index (Phi) is 5.20. The fourth-order valence-corrected chi connectivity index (χ4v) is 1.95. The molecule has 98 valence electrons. The molecule has 0 bridgehead atoms. The van der Waals surface area contributed by atoms with Crippen LogP contribution >= 0.6 is 15.9 Å². The molecule has 1 N–H and O–H groups in total. The molecule has 1 heterocycles. The molecule has 17 heavy (non-hydrogen) atoms. The van der Waals surface area contributed by atoms with Crippen LogP contribution in [-0.2, 0) is 6.54 Å². The second-order valence-electron chi connectivity index (χ2n) is 5.77. The monoisotopic (exact) mass is 301 g/mol. The standard InChI is InChI=1S/C13H24BrN3/c1-10-12(14)11(2)17(16-10)9-8-15-7-6-13(3,4)5/h15H,6-9H2,1-5H3. The lowest BCUT2D eigenvalue weighted by Gasteiger charge is -2.18. The zero-order chi connectivity index (χ0) is 13.1. The number of nitrogens with one attached hydrogen (secondary N) is 1. The van der Waals surface area contributed by atoms with Gasteiger partial charge in [-0.3, -0.25) is 4.68 Å². The van der Waals surface area contributed by atoms with Crippen molar-refractivity contribution in [3.8, 4) is 0 Å². The van der Waals surface area contributed by atoms with Crippen molar-refractivity contribution in [2.24, 2.45) is 5.41 Å². The number of aryl methyl sites for hydroxylation is 1. The molecule has 3 nitrogen and oxygen atoms in total. The number of rotatable bonds is 5. The molecule has 0 aromatic carbocycles. The topological polar surface area (TPSA) is 29.9 Å². The van der Waals surface area contributed by atoms with E-state index in [-0.39, 0.29) is 0 Å². The quantitative estimate of drug-likeness (QED) is 0.846. The predicted octanol–water partition coefficient (Wildman–Crippen LogP) is 3.29. The lowest BCUT2D eigenvalue weighted by Crippen LogP contribution is -2.25. The van der Waals surface area contributed by atoms with Gasteiger partial charge in [-0.25, -0.2) is 0 Å². The molecule has 0 fully saturated rings. The van der Waals surface area contributed by atoms with Gasteiger partial charge in [0.25, 0.3) is 0 Å². The van der Waals surface area contributed by atoms with Crippen LogP contribution in [0.25, 0.3) is 0 Å². The molecule has 1 aromatic heterocycles. The molecular weight excluding hydrogens is 278 g/mol. The molecule has 1 aromatic rings. The van der Waals surface area contributed by atoms with Gasteiger partial charge < -0.3 is 5.32 Å². The molecule has 0 saturated carbocycles. The van der Waals surface area contributed by atoms with E-state index in [0.29, 0.717) is 5.41 Å². The van der Waals surface area contributed by atoms with Gasteiger partial charge in [0.15, 0.2) is 0 Å². The van der Waals surface area contributed by atoms with Crippen LogP contribution in [0.5, 0.6) is 0 Å². The second kappa shape index (κ2) is 6.01. The molecule has 0 amide bonds. The first-order chi connectivity index (χ1) is 7.81. The summed E-state index contributed by atoms with van der Waals surface area (Å²) in [4.78, 5) is 0. The van der Waals surface area contributed by atoms with Crippen molar-refractivity contribution < 1.29 is 0 Å². The number of hydrogen-bond donors (Lipinski definition) is 1. The first kappa shape index (κ1) is 14.7. The second-order valence-corrected chi connectivity index (χ2v) is 6.56. The molecule has 0 unspecified atom stereocenters. The Balaban J connectivity index is 2.29. The molecule has 0 aliphatic heterocycles. The van der Waals surface area contributed by atoms with E-state index in [1.54, 1.807) is 0 Å². The number of hydrogen-bond acceptors (Lipinski definition) is 2. The number of nitrogens with zero attached hydrogens (tertiary/aromatic N) is 2. The van der Waals surface area contributed by atoms with Crippen molar-refractivity contribution in [1.29, 1.82) is 0 Å². The Morgan fingerprint density at radius 3 is 2.35 bits per heavy atom. The van der Waals surface area contributed by atoms with Gasteiger partial charge in [-0.05, 0) is 48.2 Å². The van der Waals surface area contributed by atoms with Gasteiger partial charge in [-0.1, -0.05) is 20.8 Å². The van der Waals surface area contributed by atoms with Crippen LogP contribution in [0.1, 0.15) is 38.6 Å². The van der Waals surface area contributed by atoms with E-state index in [1.807, 2.05) is 6.92 Å². The molecule has 4 heteroatoms. The Labute approximate surface area is 113 Å². The summed E-state index contributed by atoms with van der Waals surface area (Å²) in [6.07, 6.45) is 1.20. The number of aromatic nitrogens is 2. The average Bonchev–Trinajstić information content (AvgIpc) is 2.44. The van der Waals surface area contributed by atoms with Gasteiger partial charge in [0, 0.05) is 12.2 Å². The first-order valence-corrected chi connectivity index (χ1v) is 7.01. The highest BCUT2D eigenvalue weighted by atomic mass is 79.9. The Morgan fingerprint density at radius 2 is 1.88 bits per heavy atom. The lowest BCUT2D eigenvalue weighted by molar-refractivity contribution is 0.364. The molecule has 0 aliphatic rings. The molecular formula is C13H24BrN3. The van der Waals surface area contributed by atoms with Crippen LogP contribution in [0.15, 0.2) is 4.47 Å². The van der Waals surface area contributed by atoms with E-state index in [1.165, 1.54) is 12.1 Å². The minimum absolute atomic E-state index is 0.411. The Morgan fingerprint density at radius 1 is 1.24 bits per heavy atom.